The van der Waals surface area contributed by atoms with E-state index in [1.807, 2.05) is 24.3 Å². The molecule has 0 spiro atoms. The van der Waals surface area contributed by atoms with Gasteiger partial charge in [0.05, 0.1) is 0 Å². The predicted octanol–water partition coefficient (Wildman–Crippen LogP) is 1.71. The van der Waals surface area contributed by atoms with Gasteiger partial charge in [-0.05, 0) is 0 Å². The molecule has 0 saturated carbocycles. The first kappa shape index (κ1) is 11.1. The number of hydrogen-bond donors (Lipinski definition) is 1. The molecule has 0 bridgehead atoms. The van der Waals surface area contributed by atoms with E-state index in [1.54, 1.807) is 0 Å². The molecule has 0 atom stereocenters. The molecule has 0 saturated heterocycles. The molecule has 1 aromatic carbocycles. The average molecular weight is 253 g/mol. The molecule has 0 fully saturated rings. The fourth-order valence-corrected chi connectivity index (χ4v) is 1.90. The Hall–Kier alpha value is -0.971. The second kappa shape index (κ2) is 6.48. The van der Waals surface area contributed by atoms with Gasteiger partial charge in [-0.1, -0.05) is 0 Å². The van der Waals surface area contributed by atoms with E-state index in [-0.39, 0.29) is 15.0 Å². The minimum atomic E-state index is -0.0258. The van der Waals surface area contributed by atoms with Crippen molar-refractivity contribution in [3.63, 3.8) is 0 Å². The molecule has 0 aromatic heterocycles. The summed E-state index contributed by atoms with van der Waals surface area (Å²) < 4.78 is 1.14. The fraction of sp³-hybridized carbons (Fsp3) is 0.364. The van der Waals surface area contributed by atoms with E-state index < -0.39 is 0 Å². The molecular formula is C11H14N2Se. The quantitative estimate of drug-likeness (QED) is 0.640. The van der Waals surface area contributed by atoms with Gasteiger partial charge in [0.2, 0.25) is 0 Å². The van der Waals surface area contributed by atoms with Gasteiger partial charge in [-0.15, -0.1) is 0 Å². The van der Waals surface area contributed by atoms with Crippen molar-refractivity contribution in [2.24, 2.45) is 0 Å². The summed E-state index contributed by atoms with van der Waals surface area (Å²) in [5.74, 6) is 0. The number of rotatable bonds is 5. The molecular weight excluding hydrogens is 239 g/mol. The van der Waals surface area contributed by atoms with Crippen molar-refractivity contribution in [2.75, 3.05) is 11.9 Å². The van der Waals surface area contributed by atoms with Gasteiger partial charge in [-0.25, -0.2) is 0 Å². The number of nitriles is 1. The Morgan fingerprint density at radius 1 is 1.36 bits per heavy atom. The molecule has 74 valence electrons. The van der Waals surface area contributed by atoms with Crippen LogP contribution in [0, 0.1) is 10.2 Å². The van der Waals surface area contributed by atoms with Crippen molar-refractivity contribution in [2.45, 2.75) is 19.8 Å². The summed E-state index contributed by atoms with van der Waals surface area (Å²) in [7, 11) is 0. The Labute approximate surface area is 91.5 Å². The van der Waals surface area contributed by atoms with Crippen LogP contribution in [0.1, 0.15) is 19.8 Å². The second-order valence-electron chi connectivity index (χ2n) is 3.00. The van der Waals surface area contributed by atoms with E-state index in [2.05, 4.69) is 17.2 Å². The normalized spacial score (nSPS) is 9.43. The van der Waals surface area contributed by atoms with Crippen LogP contribution in [0.2, 0.25) is 0 Å². The van der Waals surface area contributed by atoms with Crippen LogP contribution in [0.3, 0.4) is 0 Å². The third-order valence-electron chi connectivity index (χ3n) is 1.88. The number of unbranched alkanes of at least 4 members (excludes halogenated alkanes) is 1. The Kier molecular flexibility index (Phi) is 5.14. The van der Waals surface area contributed by atoms with Crippen LogP contribution < -0.4 is 9.78 Å². The third kappa shape index (κ3) is 3.83. The van der Waals surface area contributed by atoms with Crippen molar-refractivity contribution in [3.05, 3.63) is 24.3 Å². The van der Waals surface area contributed by atoms with Crippen LogP contribution >= 0.6 is 0 Å². The van der Waals surface area contributed by atoms with E-state index in [9.17, 15) is 0 Å². The van der Waals surface area contributed by atoms with Gasteiger partial charge in [0, 0.05) is 0 Å². The first-order valence-corrected chi connectivity index (χ1v) is 6.48. The fourth-order valence-electron chi connectivity index (χ4n) is 1.10. The molecule has 14 heavy (non-hydrogen) atoms. The standard InChI is InChI=1S/C11H14N2Se/c1-2-3-8-13-10-4-6-11(7-5-10)14-9-12/h4-7,13H,2-3,8H2,1H3. The van der Waals surface area contributed by atoms with Gasteiger partial charge in [0.25, 0.3) is 0 Å². The Bertz CT molecular complexity index is 300. The van der Waals surface area contributed by atoms with E-state index >= 15 is 0 Å². The molecule has 1 aromatic rings. The predicted molar refractivity (Wildman–Crippen MR) is 60.8 cm³/mol. The molecule has 0 aliphatic rings. The summed E-state index contributed by atoms with van der Waals surface area (Å²) in [6, 6.07) is 8.14. The van der Waals surface area contributed by atoms with Crippen LogP contribution in [0.15, 0.2) is 24.3 Å². The molecule has 1 N–H and O–H groups in total. The van der Waals surface area contributed by atoms with Gasteiger partial charge < -0.3 is 0 Å². The Morgan fingerprint density at radius 2 is 2.07 bits per heavy atom. The summed E-state index contributed by atoms with van der Waals surface area (Å²) in [5.41, 5.74) is 1.15. The summed E-state index contributed by atoms with van der Waals surface area (Å²) in [5, 5.41) is 11.9. The van der Waals surface area contributed by atoms with Gasteiger partial charge in [0.1, 0.15) is 0 Å². The van der Waals surface area contributed by atoms with Crippen molar-refractivity contribution >= 4 is 25.1 Å². The topological polar surface area (TPSA) is 35.8 Å². The molecule has 0 aliphatic heterocycles. The summed E-state index contributed by atoms with van der Waals surface area (Å²) in [6.45, 7) is 3.21. The van der Waals surface area contributed by atoms with Crippen LogP contribution in [0.5, 0.6) is 0 Å². The molecule has 2 nitrogen and oxygen atoms in total. The van der Waals surface area contributed by atoms with Gasteiger partial charge in [0.15, 0.2) is 0 Å². The number of hydrogen-bond acceptors (Lipinski definition) is 2. The maximum atomic E-state index is 8.52. The Balaban J connectivity index is 2.43. The van der Waals surface area contributed by atoms with Crippen molar-refractivity contribution in [1.82, 2.24) is 0 Å². The first-order chi connectivity index (χ1) is 6.86. The summed E-state index contributed by atoms with van der Waals surface area (Å²) >= 11 is -0.0258. The zero-order valence-electron chi connectivity index (χ0n) is 8.29. The van der Waals surface area contributed by atoms with Crippen LogP contribution in [-0.4, -0.2) is 21.5 Å². The summed E-state index contributed by atoms with van der Waals surface area (Å²) in [4.78, 5) is 2.20. The number of nitrogens with zero attached hydrogens (tertiary/aromatic N) is 1. The van der Waals surface area contributed by atoms with Gasteiger partial charge >= 0.3 is 91.2 Å². The first-order valence-electron chi connectivity index (χ1n) is 4.76. The SMILES string of the molecule is CCCCNc1ccc([Se]C#N)cc1. The molecule has 0 unspecified atom stereocenters. The number of anilines is 1. The average Bonchev–Trinajstić information content (AvgIpc) is 2.21. The monoisotopic (exact) mass is 254 g/mol. The Morgan fingerprint density at radius 3 is 2.64 bits per heavy atom. The van der Waals surface area contributed by atoms with E-state index in [1.165, 1.54) is 12.8 Å². The minimum absolute atomic E-state index is 0.0258. The zero-order valence-corrected chi connectivity index (χ0v) is 10.00. The molecule has 0 amide bonds. The maximum absolute atomic E-state index is 8.52. The summed E-state index contributed by atoms with van der Waals surface area (Å²) in [6.07, 6.45) is 2.41. The van der Waals surface area contributed by atoms with Crippen LogP contribution in [0.4, 0.5) is 5.69 Å². The molecule has 3 heteroatoms. The number of nitrogens with one attached hydrogen (secondary N) is 1. The van der Waals surface area contributed by atoms with E-state index in [4.69, 9.17) is 5.26 Å². The molecule has 0 heterocycles. The van der Waals surface area contributed by atoms with Gasteiger partial charge in [-0.3, -0.25) is 0 Å². The molecule has 1 rings (SSSR count). The molecule has 0 radical (unpaired) electrons. The zero-order chi connectivity index (χ0) is 10.2. The van der Waals surface area contributed by atoms with Crippen molar-refractivity contribution in [1.29, 1.82) is 5.26 Å². The van der Waals surface area contributed by atoms with Crippen LogP contribution in [0.25, 0.3) is 0 Å². The van der Waals surface area contributed by atoms with Crippen molar-refractivity contribution < 1.29 is 0 Å². The van der Waals surface area contributed by atoms with Gasteiger partial charge in [-0.2, -0.15) is 0 Å². The third-order valence-corrected chi connectivity index (χ3v) is 3.13. The van der Waals surface area contributed by atoms with Crippen molar-refractivity contribution in [3.8, 4) is 4.97 Å². The van der Waals surface area contributed by atoms with Crippen LogP contribution in [-0.2, 0) is 0 Å². The second-order valence-corrected chi connectivity index (χ2v) is 4.80. The molecule has 0 aliphatic carbocycles. The number of benzene rings is 1. The van der Waals surface area contributed by atoms with E-state index in [0.29, 0.717) is 0 Å². The van der Waals surface area contributed by atoms with E-state index in [0.717, 1.165) is 16.7 Å².